The molecule has 1 N–H and O–H groups in total. The number of amides is 1. The Bertz CT molecular complexity index is 255. The summed E-state index contributed by atoms with van der Waals surface area (Å²) in [6.07, 6.45) is 2.14. The van der Waals surface area contributed by atoms with Gasteiger partial charge < -0.3 is 4.74 Å². The van der Waals surface area contributed by atoms with Crippen molar-refractivity contribution in [3.8, 4) is 0 Å². The monoisotopic (exact) mass is 229 g/mol. The van der Waals surface area contributed by atoms with Gasteiger partial charge in [0.15, 0.2) is 0 Å². The van der Waals surface area contributed by atoms with Gasteiger partial charge in [0, 0.05) is 0 Å². The molecule has 0 aliphatic carbocycles. The maximum Gasteiger partial charge on any atom is 0.399 e. The lowest BCUT2D eigenvalue weighted by molar-refractivity contribution is -0.160. The third-order valence-corrected chi connectivity index (χ3v) is 1.64. The van der Waals surface area contributed by atoms with Crippen LogP contribution in [0.15, 0.2) is 12.7 Å². The van der Waals surface area contributed by atoms with Crippen LogP contribution in [-0.4, -0.2) is 25.1 Å². The largest absolute Gasteiger partial charge is 0.458 e. The Hall–Kier alpha value is -1.36. The number of nitrogens with one attached hydrogen (secondary N) is 1. The van der Waals surface area contributed by atoms with Crippen LogP contribution >= 0.6 is 0 Å². The minimum absolute atomic E-state index is 0.0656. The van der Waals surface area contributed by atoms with E-state index in [1.165, 1.54) is 6.08 Å². The number of carbonyl (C=O) groups excluding carboxylic acids is 2. The maximum absolute atomic E-state index is 11.1. The van der Waals surface area contributed by atoms with Crippen molar-refractivity contribution >= 4 is 11.9 Å². The van der Waals surface area contributed by atoms with Crippen LogP contribution in [0, 0.1) is 5.41 Å². The van der Waals surface area contributed by atoms with Crippen molar-refractivity contribution in [1.29, 1.82) is 0 Å². The van der Waals surface area contributed by atoms with Gasteiger partial charge in [0.2, 0.25) is 0 Å². The number of ether oxygens (including phenoxy) is 1. The van der Waals surface area contributed by atoms with Gasteiger partial charge in [-0.05, 0) is 11.8 Å². The van der Waals surface area contributed by atoms with Gasteiger partial charge in [-0.25, -0.2) is 10.3 Å². The van der Waals surface area contributed by atoms with E-state index in [0.29, 0.717) is 6.42 Å². The van der Waals surface area contributed by atoms with E-state index in [4.69, 9.17) is 4.74 Å². The molecule has 0 aromatic carbocycles. The first-order valence-corrected chi connectivity index (χ1v) is 5.06. The summed E-state index contributed by atoms with van der Waals surface area (Å²) in [4.78, 5) is 26.7. The molecule has 92 valence electrons. The Morgan fingerprint density at radius 3 is 2.50 bits per heavy atom. The Labute approximate surface area is 95.8 Å². The van der Waals surface area contributed by atoms with Crippen molar-refractivity contribution in [3.63, 3.8) is 0 Å². The first kappa shape index (κ1) is 14.6. The highest BCUT2D eigenvalue weighted by Gasteiger charge is 2.17. The average molecular weight is 229 g/mol. The van der Waals surface area contributed by atoms with Crippen LogP contribution in [-0.2, 0) is 19.2 Å². The van der Waals surface area contributed by atoms with E-state index in [0.717, 1.165) is 0 Å². The van der Waals surface area contributed by atoms with Gasteiger partial charge in [0.05, 0.1) is 13.2 Å². The number of rotatable bonds is 5. The molecule has 0 unspecified atom stereocenters. The Balaban J connectivity index is 3.71. The fourth-order valence-electron chi connectivity index (χ4n) is 0.723. The number of carbonyl (C=O) groups is 2. The summed E-state index contributed by atoms with van der Waals surface area (Å²) in [6, 6.07) is 0. The van der Waals surface area contributed by atoms with Gasteiger partial charge in [0.1, 0.15) is 0 Å². The van der Waals surface area contributed by atoms with Gasteiger partial charge in [-0.2, -0.15) is 0 Å². The quantitative estimate of drug-likeness (QED) is 0.253. The molecular formula is C11H19NO4. The van der Waals surface area contributed by atoms with Crippen molar-refractivity contribution in [2.45, 2.75) is 27.2 Å². The standard InChI is InChI=1S/C11H19NO4/c1-5-7-16-12-9(13)10(14)15-8-6-11(2,3)4/h5H,1,6-8H2,2-4H3,(H,12,13). The van der Waals surface area contributed by atoms with Crippen molar-refractivity contribution < 1.29 is 19.2 Å². The molecule has 0 atom stereocenters. The van der Waals surface area contributed by atoms with Gasteiger partial charge in [-0.3, -0.25) is 9.63 Å². The summed E-state index contributed by atoms with van der Waals surface area (Å²) in [5, 5.41) is 0. The lowest BCUT2D eigenvalue weighted by Gasteiger charge is -2.17. The molecule has 0 aliphatic rings. The molecule has 0 rings (SSSR count). The zero-order valence-electron chi connectivity index (χ0n) is 10.0. The molecule has 5 nitrogen and oxygen atoms in total. The number of hydrogen-bond acceptors (Lipinski definition) is 4. The molecule has 16 heavy (non-hydrogen) atoms. The minimum Gasteiger partial charge on any atom is -0.458 e. The Kier molecular flexibility index (Phi) is 6.41. The van der Waals surface area contributed by atoms with Crippen molar-refractivity contribution in [1.82, 2.24) is 5.48 Å². The fourth-order valence-corrected chi connectivity index (χ4v) is 0.723. The highest BCUT2D eigenvalue weighted by Crippen LogP contribution is 2.17. The summed E-state index contributed by atoms with van der Waals surface area (Å²) in [6.45, 7) is 9.81. The van der Waals surface area contributed by atoms with Crippen LogP contribution in [0.4, 0.5) is 0 Å². The molecule has 0 fully saturated rings. The van der Waals surface area contributed by atoms with E-state index < -0.39 is 11.9 Å². The van der Waals surface area contributed by atoms with E-state index >= 15 is 0 Å². The normalized spacial score (nSPS) is 10.7. The predicted molar refractivity (Wildman–Crippen MR) is 59.3 cm³/mol. The van der Waals surface area contributed by atoms with Crippen LogP contribution < -0.4 is 5.48 Å². The van der Waals surface area contributed by atoms with Crippen LogP contribution in [0.3, 0.4) is 0 Å². The van der Waals surface area contributed by atoms with E-state index in [1.54, 1.807) is 0 Å². The molecule has 0 spiro atoms. The predicted octanol–water partition coefficient (Wildman–Crippen LogP) is 1.20. The maximum atomic E-state index is 11.1. The van der Waals surface area contributed by atoms with Gasteiger partial charge in [-0.1, -0.05) is 26.8 Å². The van der Waals surface area contributed by atoms with Crippen molar-refractivity contribution in [2.24, 2.45) is 5.41 Å². The molecule has 0 aromatic rings. The van der Waals surface area contributed by atoms with E-state index in [2.05, 4.69) is 11.4 Å². The fraction of sp³-hybridized carbons (Fsp3) is 0.636. The number of esters is 1. The first-order chi connectivity index (χ1) is 7.37. The molecule has 0 heterocycles. The van der Waals surface area contributed by atoms with Gasteiger partial charge in [0.25, 0.3) is 0 Å². The zero-order chi connectivity index (χ0) is 12.6. The summed E-state index contributed by atoms with van der Waals surface area (Å²) in [5.74, 6) is -1.84. The summed E-state index contributed by atoms with van der Waals surface area (Å²) < 4.78 is 4.75. The second-order valence-corrected chi connectivity index (χ2v) is 4.48. The number of hydroxylamine groups is 1. The van der Waals surface area contributed by atoms with Crippen molar-refractivity contribution in [2.75, 3.05) is 13.2 Å². The highest BCUT2D eigenvalue weighted by atomic mass is 16.7. The van der Waals surface area contributed by atoms with Crippen LogP contribution in [0.2, 0.25) is 0 Å². The van der Waals surface area contributed by atoms with E-state index in [-0.39, 0.29) is 18.6 Å². The zero-order valence-corrected chi connectivity index (χ0v) is 10.0. The highest BCUT2D eigenvalue weighted by molar-refractivity contribution is 6.32. The summed E-state index contributed by atoms with van der Waals surface area (Å²) >= 11 is 0. The second kappa shape index (κ2) is 7.00. The van der Waals surface area contributed by atoms with Crippen LogP contribution in [0.25, 0.3) is 0 Å². The lowest BCUT2D eigenvalue weighted by atomic mass is 9.93. The van der Waals surface area contributed by atoms with E-state index in [1.807, 2.05) is 26.3 Å². The minimum atomic E-state index is -0.937. The Morgan fingerprint density at radius 2 is 2.00 bits per heavy atom. The molecule has 1 amide bonds. The lowest BCUT2D eigenvalue weighted by Crippen LogP contribution is -2.33. The third kappa shape index (κ3) is 7.99. The van der Waals surface area contributed by atoms with Gasteiger partial charge >= 0.3 is 11.9 Å². The van der Waals surface area contributed by atoms with E-state index in [9.17, 15) is 9.59 Å². The van der Waals surface area contributed by atoms with Gasteiger partial charge in [-0.15, -0.1) is 6.58 Å². The van der Waals surface area contributed by atoms with Crippen LogP contribution in [0.1, 0.15) is 27.2 Å². The van der Waals surface area contributed by atoms with Crippen LogP contribution in [0.5, 0.6) is 0 Å². The molecule has 0 saturated heterocycles. The summed E-state index contributed by atoms with van der Waals surface area (Å²) in [5.41, 5.74) is 2.01. The Morgan fingerprint density at radius 1 is 1.38 bits per heavy atom. The molecule has 0 saturated carbocycles. The van der Waals surface area contributed by atoms with Crippen molar-refractivity contribution in [3.05, 3.63) is 12.7 Å². The first-order valence-electron chi connectivity index (χ1n) is 5.06. The smallest absolute Gasteiger partial charge is 0.399 e. The topological polar surface area (TPSA) is 64.6 Å². The molecule has 0 aromatic heterocycles. The molecule has 0 bridgehead atoms. The summed E-state index contributed by atoms with van der Waals surface area (Å²) in [7, 11) is 0. The molecule has 5 heteroatoms. The number of hydrogen-bond donors (Lipinski definition) is 1. The molecule has 0 radical (unpaired) electrons. The average Bonchev–Trinajstić information content (AvgIpc) is 2.15. The molecular weight excluding hydrogens is 210 g/mol. The second-order valence-electron chi connectivity index (χ2n) is 4.48. The SMILES string of the molecule is C=CCONC(=O)C(=O)OCCC(C)(C)C. The molecule has 0 aliphatic heterocycles. The third-order valence-electron chi connectivity index (χ3n) is 1.64.